The van der Waals surface area contributed by atoms with Crippen molar-refractivity contribution in [2.75, 3.05) is 0 Å². The molecule has 0 saturated heterocycles. The monoisotopic (exact) mass is 216 g/mol. The third-order valence-corrected chi connectivity index (χ3v) is 2.71. The Bertz CT molecular complexity index is 535. The van der Waals surface area contributed by atoms with E-state index in [9.17, 15) is 4.79 Å². The lowest BCUT2D eigenvalue weighted by Gasteiger charge is -2.00. The predicted molar refractivity (Wildman–Crippen MR) is 65.2 cm³/mol. The van der Waals surface area contributed by atoms with Crippen molar-refractivity contribution in [3.63, 3.8) is 0 Å². The number of hydrogen-bond donors (Lipinski definition) is 1. The molecular formula is C13H16N2O. The van der Waals surface area contributed by atoms with E-state index in [-0.39, 0.29) is 11.5 Å². The van der Waals surface area contributed by atoms with E-state index in [1.54, 1.807) is 4.68 Å². The average Bonchev–Trinajstić information content (AvgIpc) is 2.55. The fraction of sp³-hybridized carbons (Fsp3) is 0.308. The summed E-state index contributed by atoms with van der Waals surface area (Å²) >= 11 is 0. The van der Waals surface area contributed by atoms with E-state index in [0.29, 0.717) is 0 Å². The minimum atomic E-state index is 0.0544. The van der Waals surface area contributed by atoms with Gasteiger partial charge in [0.15, 0.2) is 0 Å². The zero-order valence-corrected chi connectivity index (χ0v) is 9.82. The van der Waals surface area contributed by atoms with Gasteiger partial charge in [-0.15, -0.1) is 0 Å². The number of nitrogens with zero attached hydrogens (tertiary/aromatic N) is 1. The zero-order valence-electron chi connectivity index (χ0n) is 9.82. The standard InChI is InChI=1S/C13H16N2O/c1-9(2)12-10(3)14-15(13(12)16)11-7-5-4-6-8-11/h4-9,14H,1-3H3. The number of benzene rings is 1. The summed E-state index contributed by atoms with van der Waals surface area (Å²) in [7, 11) is 0. The number of hydrogen-bond acceptors (Lipinski definition) is 1. The number of aryl methyl sites for hydroxylation is 1. The van der Waals surface area contributed by atoms with E-state index in [2.05, 4.69) is 5.10 Å². The maximum absolute atomic E-state index is 12.2. The van der Waals surface area contributed by atoms with Crippen LogP contribution in [0.4, 0.5) is 0 Å². The number of H-pyrrole nitrogens is 1. The van der Waals surface area contributed by atoms with Gasteiger partial charge in [0.25, 0.3) is 5.56 Å². The van der Waals surface area contributed by atoms with Gasteiger partial charge >= 0.3 is 0 Å². The topological polar surface area (TPSA) is 37.8 Å². The molecule has 0 aliphatic carbocycles. The summed E-state index contributed by atoms with van der Waals surface area (Å²) in [5, 5.41) is 3.11. The van der Waals surface area contributed by atoms with Gasteiger partial charge in [-0.2, -0.15) is 0 Å². The SMILES string of the molecule is Cc1[nH]n(-c2ccccc2)c(=O)c1C(C)C. The van der Waals surface area contributed by atoms with Crippen LogP contribution in [-0.4, -0.2) is 9.78 Å². The normalized spacial score (nSPS) is 11.0. The second kappa shape index (κ2) is 4.00. The van der Waals surface area contributed by atoms with Crippen LogP contribution in [0.5, 0.6) is 0 Å². The zero-order chi connectivity index (χ0) is 11.7. The minimum Gasteiger partial charge on any atom is -0.295 e. The van der Waals surface area contributed by atoms with Gasteiger partial charge in [-0.25, -0.2) is 4.68 Å². The van der Waals surface area contributed by atoms with Gasteiger partial charge < -0.3 is 0 Å². The highest BCUT2D eigenvalue weighted by Crippen LogP contribution is 2.14. The number of rotatable bonds is 2. The van der Waals surface area contributed by atoms with Crippen LogP contribution < -0.4 is 5.56 Å². The van der Waals surface area contributed by atoms with Gasteiger partial charge in [0.1, 0.15) is 0 Å². The Hall–Kier alpha value is -1.77. The predicted octanol–water partition coefficient (Wildman–Crippen LogP) is 2.60. The van der Waals surface area contributed by atoms with Crippen molar-refractivity contribution in [1.82, 2.24) is 9.78 Å². The lowest BCUT2D eigenvalue weighted by atomic mass is 10.1. The molecule has 0 radical (unpaired) electrons. The lowest BCUT2D eigenvalue weighted by molar-refractivity contribution is 0.824. The first-order chi connectivity index (χ1) is 7.61. The van der Waals surface area contributed by atoms with Crippen molar-refractivity contribution in [2.24, 2.45) is 0 Å². The van der Waals surface area contributed by atoms with Gasteiger partial charge in [0.05, 0.1) is 5.69 Å². The quantitative estimate of drug-likeness (QED) is 0.823. The molecule has 84 valence electrons. The molecule has 3 nitrogen and oxygen atoms in total. The van der Waals surface area contributed by atoms with Gasteiger partial charge in [-0.05, 0) is 25.0 Å². The first-order valence-electron chi connectivity index (χ1n) is 5.48. The summed E-state index contributed by atoms with van der Waals surface area (Å²) in [6, 6.07) is 9.62. The first-order valence-corrected chi connectivity index (χ1v) is 5.48. The van der Waals surface area contributed by atoms with Gasteiger partial charge in [0.2, 0.25) is 0 Å². The molecule has 0 fully saturated rings. The average molecular weight is 216 g/mol. The summed E-state index contributed by atoms with van der Waals surface area (Å²) in [6.07, 6.45) is 0. The highest BCUT2D eigenvalue weighted by Gasteiger charge is 2.14. The van der Waals surface area contributed by atoms with Crippen molar-refractivity contribution >= 4 is 0 Å². The molecular weight excluding hydrogens is 200 g/mol. The molecule has 0 unspecified atom stereocenters. The Morgan fingerprint density at radius 1 is 1.19 bits per heavy atom. The Morgan fingerprint density at radius 2 is 1.81 bits per heavy atom. The Morgan fingerprint density at radius 3 is 2.31 bits per heavy atom. The van der Waals surface area contributed by atoms with Gasteiger partial charge in [-0.3, -0.25) is 9.89 Å². The summed E-state index contributed by atoms with van der Waals surface area (Å²) in [6.45, 7) is 6.01. The fourth-order valence-corrected chi connectivity index (χ4v) is 2.00. The van der Waals surface area contributed by atoms with Crippen molar-refractivity contribution in [2.45, 2.75) is 26.7 Å². The molecule has 0 saturated carbocycles. The molecule has 3 heteroatoms. The van der Waals surface area contributed by atoms with Crippen molar-refractivity contribution in [3.8, 4) is 5.69 Å². The minimum absolute atomic E-state index is 0.0544. The molecule has 1 aromatic carbocycles. The molecule has 2 aromatic rings. The van der Waals surface area contributed by atoms with E-state index in [1.165, 1.54) is 0 Å². The molecule has 0 aliphatic rings. The second-order valence-corrected chi connectivity index (χ2v) is 4.28. The fourth-order valence-electron chi connectivity index (χ4n) is 2.00. The smallest absolute Gasteiger partial charge is 0.274 e. The maximum Gasteiger partial charge on any atom is 0.274 e. The maximum atomic E-state index is 12.2. The molecule has 16 heavy (non-hydrogen) atoms. The highest BCUT2D eigenvalue weighted by atomic mass is 16.1. The van der Waals surface area contributed by atoms with Crippen LogP contribution in [0.3, 0.4) is 0 Å². The van der Waals surface area contributed by atoms with Crippen LogP contribution in [0.25, 0.3) is 5.69 Å². The molecule has 1 N–H and O–H groups in total. The first kappa shape index (κ1) is 10.7. The van der Waals surface area contributed by atoms with Crippen LogP contribution in [-0.2, 0) is 0 Å². The molecule has 0 bridgehead atoms. The van der Waals surface area contributed by atoms with E-state index in [1.807, 2.05) is 51.1 Å². The van der Waals surface area contributed by atoms with Crippen LogP contribution in [0.15, 0.2) is 35.1 Å². The molecule has 0 spiro atoms. The highest BCUT2D eigenvalue weighted by molar-refractivity contribution is 5.33. The summed E-state index contributed by atoms with van der Waals surface area (Å²) in [5.41, 5.74) is 2.74. The summed E-state index contributed by atoms with van der Waals surface area (Å²) in [5.74, 6) is 0.244. The third-order valence-electron chi connectivity index (χ3n) is 2.71. The lowest BCUT2D eigenvalue weighted by Crippen LogP contribution is -2.17. The molecule has 1 heterocycles. The van der Waals surface area contributed by atoms with Crippen molar-refractivity contribution in [1.29, 1.82) is 0 Å². The molecule has 2 rings (SSSR count). The number of aromatic amines is 1. The van der Waals surface area contributed by atoms with E-state index in [4.69, 9.17) is 0 Å². The molecule has 1 aromatic heterocycles. The number of aromatic nitrogens is 2. The van der Waals surface area contributed by atoms with E-state index >= 15 is 0 Å². The summed E-state index contributed by atoms with van der Waals surface area (Å²) < 4.78 is 1.60. The Kier molecular flexibility index (Phi) is 2.69. The molecule has 0 aliphatic heterocycles. The number of nitrogens with one attached hydrogen (secondary N) is 1. The Labute approximate surface area is 94.7 Å². The van der Waals surface area contributed by atoms with E-state index in [0.717, 1.165) is 16.9 Å². The van der Waals surface area contributed by atoms with Gasteiger partial charge in [-0.1, -0.05) is 32.0 Å². The Balaban J connectivity index is 2.61. The van der Waals surface area contributed by atoms with E-state index < -0.39 is 0 Å². The largest absolute Gasteiger partial charge is 0.295 e. The van der Waals surface area contributed by atoms with Crippen LogP contribution >= 0.6 is 0 Å². The summed E-state index contributed by atoms with van der Waals surface area (Å²) in [4.78, 5) is 12.2. The van der Waals surface area contributed by atoms with Crippen molar-refractivity contribution < 1.29 is 0 Å². The number of para-hydroxylation sites is 1. The second-order valence-electron chi connectivity index (χ2n) is 4.28. The molecule has 0 atom stereocenters. The van der Waals surface area contributed by atoms with Crippen LogP contribution in [0.1, 0.15) is 31.0 Å². The van der Waals surface area contributed by atoms with Crippen LogP contribution in [0, 0.1) is 6.92 Å². The van der Waals surface area contributed by atoms with Crippen LogP contribution in [0.2, 0.25) is 0 Å². The van der Waals surface area contributed by atoms with Gasteiger partial charge in [0, 0.05) is 11.3 Å². The third kappa shape index (κ3) is 1.69. The molecule has 0 amide bonds. The van der Waals surface area contributed by atoms with Crippen molar-refractivity contribution in [3.05, 3.63) is 51.9 Å².